The lowest BCUT2D eigenvalue weighted by molar-refractivity contribution is -0.171. The molecule has 0 atom stereocenters. The summed E-state index contributed by atoms with van der Waals surface area (Å²) in [5.41, 5.74) is 0.577. The summed E-state index contributed by atoms with van der Waals surface area (Å²) in [6.45, 7) is 1.74. The van der Waals surface area contributed by atoms with E-state index in [9.17, 15) is 10.2 Å². The molecule has 12 heavy (non-hydrogen) atoms. The van der Waals surface area contributed by atoms with Crippen molar-refractivity contribution in [3.8, 4) is 0 Å². The van der Waals surface area contributed by atoms with Gasteiger partial charge in [-0.3, -0.25) is 0 Å². The molecule has 0 unspecified atom stereocenters. The summed E-state index contributed by atoms with van der Waals surface area (Å²) in [6.07, 6.45) is 0.299. The first kappa shape index (κ1) is 9.95. The molecule has 0 amide bonds. The van der Waals surface area contributed by atoms with Crippen LogP contribution in [0.25, 0.3) is 0 Å². The second-order valence-electron chi connectivity index (χ2n) is 2.65. The maximum Gasteiger partial charge on any atom is 0.190 e. The van der Waals surface area contributed by atoms with Crippen molar-refractivity contribution in [1.82, 2.24) is 0 Å². The Labute approximate surface area is 85.4 Å². The molecule has 1 rings (SSSR count). The van der Waals surface area contributed by atoms with Gasteiger partial charge in [0.05, 0.1) is 0 Å². The second kappa shape index (κ2) is 3.72. The predicted molar refractivity (Wildman–Crippen MR) is 55.6 cm³/mol. The lowest BCUT2D eigenvalue weighted by atomic mass is 10.0. The minimum Gasteiger partial charge on any atom is -0.362 e. The Morgan fingerprint density at radius 3 is 2.42 bits per heavy atom. The molecule has 0 aromatic heterocycles. The average molecular weight is 278 g/mol. The van der Waals surface area contributed by atoms with E-state index in [2.05, 4.69) is 22.6 Å². The molecule has 0 heterocycles. The zero-order valence-electron chi connectivity index (χ0n) is 6.79. The largest absolute Gasteiger partial charge is 0.362 e. The van der Waals surface area contributed by atoms with Crippen molar-refractivity contribution in [1.29, 1.82) is 0 Å². The third kappa shape index (κ3) is 1.97. The van der Waals surface area contributed by atoms with E-state index in [1.54, 1.807) is 19.1 Å². The highest BCUT2D eigenvalue weighted by Gasteiger charge is 2.24. The van der Waals surface area contributed by atoms with Crippen LogP contribution in [0.5, 0.6) is 0 Å². The molecule has 1 aromatic rings. The molecule has 0 spiro atoms. The van der Waals surface area contributed by atoms with Gasteiger partial charge >= 0.3 is 0 Å². The Bertz CT molecular complexity index is 271. The zero-order valence-corrected chi connectivity index (χ0v) is 8.95. The summed E-state index contributed by atoms with van der Waals surface area (Å²) in [5.74, 6) is -1.68. The molecule has 66 valence electrons. The van der Waals surface area contributed by atoms with Crippen LogP contribution < -0.4 is 0 Å². The first-order chi connectivity index (χ1) is 5.58. The minimum atomic E-state index is -1.68. The van der Waals surface area contributed by atoms with E-state index >= 15 is 0 Å². The molecular formula is C9H11IO2. The standard InChI is InChI=1S/C9H11IO2/c1-2-9(11,12)7-5-3-4-6-8(7)10/h3-6,11-12H,2H2,1H3. The number of aliphatic hydroxyl groups is 2. The highest BCUT2D eigenvalue weighted by molar-refractivity contribution is 14.1. The molecule has 3 heteroatoms. The molecule has 2 N–H and O–H groups in total. The van der Waals surface area contributed by atoms with Gasteiger partial charge in [-0.1, -0.05) is 25.1 Å². The Morgan fingerprint density at radius 2 is 1.92 bits per heavy atom. The lowest BCUT2D eigenvalue weighted by Crippen LogP contribution is -2.24. The molecule has 0 bridgehead atoms. The van der Waals surface area contributed by atoms with Crippen LogP contribution >= 0.6 is 22.6 Å². The van der Waals surface area contributed by atoms with Gasteiger partial charge in [0.25, 0.3) is 0 Å². The number of hydrogen-bond donors (Lipinski definition) is 2. The lowest BCUT2D eigenvalue weighted by Gasteiger charge is -2.21. The van der Waals surface area contributed by atoms with Gasteiger partial charge in [0.1, 0.15) is 0 Å². The van der Waals surface area contributed by atoms with E-state index in [1.807, 2.05) is 12.1 Å². The quantitative estimate of drug-likeness (QED) is 0.640. The first-order valence-electron chi connectivity index (χ1n) is 3.77. The minimum absolute atomic E-state index is 0.299. The number of rotatable bonds is 2. The van der Waals surface area contributed by atoms with Crippen molar-refractivity contribution in [3.63, 3.8) is 0 Å². The van der Waals surface area contributed by atoms with Gasteiger partial charge in [-0.2, -0.15) is 0 Å². The zero-order chi connectivity index (χ0) is 9.19. The fourth-order valence-corrected chi connectivity index (χ4v) is 1.80. The summed E-state index contributed by atoms with van der Waals surface area (Å²) < 4.78 is 0.877. The van der Waals surface area contributed by atoms with E-state index in [1.165, 1.54) is 0 Å². The monoisotopic (exact) mass is 278 g/mol. The van der Waals surface area contributed by atoms with Crippen LogP contribution in [0.1, 0.15) is 18.9 Å². The van der Waals surface area contributed by atoms with Crippen molar-refractivity contribution in [3.05, 3.63) is 33.4 Å². The van der Waals surface area contributed by atoms with E-state index < -0.39 is 5.79 Å². The predicted octanol–water partition coefficient (Wildman–Crippen LogP) is 1.84. The Balaban J connectivity index is 3.10. The SMILES string of the molecule is CCC(O)(O)c1ccccc1I. The molecule has 0 aliphatic carbocycles. The maximum absolute atomic E-state index is 9.53. The Kier molecular flexibility index (Phi) is 3.09. The molecule has 0 aliphatic heterocycles. The molecule has 0 saturated heterocycles. The van der Waals surface area contributed by atoms with Crippen molar-refractivity contribution in [2.24, 2.45) is 0 Å². The van der Waals surface area contributed by atoms with Crippen LogP contribution in [-0.4, -0.2) is 10.2 Å². The third-order valence-electron chi connectivity index (χ3n) is 1.80. The van der Waals surface area contributed by atoms with Gasteiger partial charge in [-0.15, -0.1) is 0 Å². The van der Waals surface area contributed by atoms with Crippen molar-refractivity contribution in [2.75, 3.05) is 0 Å². The van der Waals surface area contributed by atoms with Crippen LogP contribution in [0.2, 0.25) is 0 Å². The van der Waals surface area contributed by atoms with E-state index in [-0.39, 0.29) is 0 Å². The number of benzene rings is 1. The van der Waals surface area contributed by atoms with Crippen LogP contribution in [0.15, 0.2) is 24.3 Å². The van der Waals surface area contributed by atoms with Gasteiger partial charge in [-0.25, -0.2) is 0 Å². The van der Waals surface area contributed by atoms with Crippen LogP contribution in [0.3, 0.4) is 0 Å². The second-order valence-corrected chi connectivity index (χ2v) is 3.81. The maximum atomic E-state index is 9.53. The van der Waals surface area contributed by atoms with Gasteiger partial charge in [0.15, 0.2) is 5.79 Å². The van der Waals surface area contributed by atoms with E-state index in [4.69, 9.17) is 0 Å². The summed E-state index contributed by atoms with van der Waals surface area (Å²) in [6, 6.07) is 7.25. The number of hydrogen-bond acceptors (Lipinski definition) is 2. The fraction of sp³-hybridized carbons (Fsp3) is 0.333. The molecule has 2 nitrogen and oxygen atoms in total. The molecule has 0 radical (unpaired) electrons. The molecule has 1 aromatic carbocycles. The first-order valence-corrected chi connectivity index (χ1v) is 4.85. The van der Waals surface area contributed by atoms with Gasteiger partial charge in [0.2, 0.25) is 0 Å². The van der Waals surface area contributed by atoms with Gasteiger partial charge in [0, 0.05) is 15.6 Å². The Hall–Kier alpha value is -0.130. The van der Waals surface area contributed by atoms with Crippen molar-refractivity contribution >= 4 is 22.6 Å². The summed E-state index contributed by atoms with van der Waals surface area (Å²) >= 11 is 2.09. The highest BCUT2D eigenvalue weighted by atomic mass is 127. The fourth-order valence-electron chi connectivity index (χ4n) is 0.976. The van der Waals surface area contributed by atoms with Crippen molar-refractivity contribution < 1.29 is 10.2 Å². The molecule has 0 fully saturated rings. The van der Waals surface area contributed by atoms with Crippen LogP contribution in [0.4, 0.5) is 0 Å². The molecular weight excluding hydrogens is 267 g/mol. The Morgan fingerprint density at radius 1 is 1.33 bits per heavy atom. The van der Waals surface area contributed by atoms with Crippen LogP contribution in [-0.2, 0) is 5.79 Å². The normalized spacial score (nSPS) is 11.7. The van der Waals surface area contributed by atoms with E-state index in [0.717, 1.165) is 3.57 Å². The molecule has 0 saturated carbocycles. The topological polar surface area (TPSA) is 40.5 Å². The summed E-state index contributed by atoms with van der Waals surface area (Å²) in [4.78, 5) is 0. The van der Waals surface area contributed by atoms with Gasteiger partial charge < -0.3 is 10.2 Å². The highest BCUT2D eigenvalue weighted by Crippen LogP contribution is 2.25. The third-order valence-corrected chi connectivity index (χ3v) is 2.74. The van der Waals surface area contributed by atoms with E-state index in [0.29, 0.717) is 12.0 Å². The van der Waals surface area contributed by atoms with Gasteiger partial charge in [-0.05, 0) is 28.7 Å². The van der Waals surface area contributed by atoms with Crippen LogP contribution in [0, 0.1) is 3.57 Å². The molecule has 0 aliphatic rings. The van der Waals surface area contributed by atoms with Crippen molar-refractivity contribution in [2.45, 2.75) is 19.1 Å². The smallest absolute Gasteiger partial charge is 0.190 e. The number of halogens is 1. The average Bonchev–Trinajstić information content (AvgIpc) is 2.05. The summed E-state index contributed by atoms with van der Waals surface area (Å²) in [5, 5.41) is 19.1. The summed E-state index contributed by atoms with van der Waals surface area (Å²) in [7, 11) is 0.